The number of hydrogen-bond donors (Lipinski definition) is 1. The predicted octanol–water partition coefficient (Wildman–Crippen LogP) is 4.25. The van der Waals surface area contributed by atoms with Crippen LogP contribution >= 0.6 is 27.5 Å². The summed E-state index contributed by atoms with van der Waals surface area (Å²) in [4.78, 5) is 4.20. The van der Waals surface area contributed by atoms with Crippen LogP contribution < -0.4 is 5.32 Å². The molecule has 1 N–H and O–H groups in total. The summed E-state index contributed by atoms with van der Waals surface area (Å²) < 4.78 is 6.38. The van der Waals surface area contributed by atoms with Crippen molar-refractivity contribution in [3.63, 3.8) is 0 Å². The highest BCUT2D eigenvalue weighted by Crippen LogP contribution is 2.23. The van der Waals surface area contributed by atoms with Crippen LogP contribution in [0.5, 0.6) is 0 Å². The molecule has 1 aromatic heterocycles. The molecule has 0 spiro atoms. The maximum absolute atomic E-state index is 6.04. The molecule has 0 aliphatic rings. The van der Waals surface area contributed by atoms with E-state index in [0.29, 0.717) is 10.9 Å². The minimum absolute atomic E-state index is 0.0705. The summed E-state index contributed by atoms with van der Waals surface area (Å²) in [6, 6.07) is 5.98. The molecular weight excluding hydrogens is 316 g/mol. The Morgan fingerprint density at radius 3 is 2.89 bits per heavy atom. The third-order valence-electron chi connectivity index (χ3n) is 2.61. The highest BCUT2D eigenvalue weighted by Gasteiger charge is 2.10. The van der Waals surface area contributed by atoms with Crippen molar-refractivity contribution >= 4 is 27.5 Å². The van der Waals surface area contributed by atoms with Crippen molar-refractivity contribution in [2.24, 2.45) is 0 Å². The van der Waals surface area contributed by atoms with Gasteiger partial charge in [0.1, 0.15) is 5.76 Å². The Labute approximate surface area is 120 Å². The van der Waals surface area contributed by atoms with Gasteiger partial charge in [-0.2, -0.15) is 0 Å². The van der Waals surface area contributed by atoms with Gasteiger partial charge in [-0.3, -0.25) is 0 Å². The first-order chi connectivity index (χ1) is 8.56. The SMILES string of the molecule is Cc1cnc(C(C)NCc2ccc(Br)c(Cl)c2)o1. The zero-order chi connectivity index (χ0) is 13.1. The Morgan fingerprint density at radius 2 is 2.28 bits per heavy atom. The van der Waals surface area contributed by atoms with Gasteiger partial charge in [0.2, 0.25) is 5.89 Å². The van der Waals surface area contributed by atoms with Crippen molar-refractivity contribution in [3.8, 4) is 0 Å². The van der Waals surface area contributed by atoms with Crippen LogP contribution in [-0.2, 0) is 6.54 Å². The van der Waals surface area contributed by atoms with Crippen LogP contribution in [-0.4, -0.2) is 4.98 Å². The first-order valence-corrected chi connectivity index (χ1v) is 6.83. The van der Waals surface area contributed by atoms with E-state index in [1.165, 1.54) is 0 Å². The Balaban J connectivity index is 1.97. The second-order valence-electron chi connectivity index (χ2n) is 4.16. The van der Waals surface area contributed by atoms with Crippen molar-refractivity contribution in [2.45, 2.75) is 26.4 Å². The number of rotatable bonds is 4. The van der Waals surface area contributed by atoms with Crippen molar-refractivity contribution in [3.05, 3.63) is 51.1 Å². The zero-order valence-electron chi connectivity index (χ0n) is 10.2. The summed E-state index contributed by atoms with van der Waals surface area (Å²) in [6.45, 7) is 4.62. The fraction of sp³-hybridized carbons (Fsp3) is 0.308. The number of benzene rings is 1. The molecule has 0 aliphatic heterocycles. The summed E-state index contributed by atoms with van der Waals surface area (Å²) in [7, 11) is 0. The van der Waals surface area contributed by atoms with E-state index in [0.717, 1.165) is 22.3 Å². The first-order valence-electron chi connectivity index (χ1n) is 5.66. The molecule has 2 aromatic rings. The van der Waals surface area contributed by atoms with Gasteiger partial charge >= 0.3 is 0 Å². The van der Waals surface area contributed by atoms with Crippen LogP contribution in [0.3, 0.4) is 0 Å². The van der Waals surface area contributed by atoms with Gasteiger partial charge in [-0.1, -0.05) is 17.7 Å². The fourth-order valence-corrected chi connectivity index (χ4v) is 2.03. The maximum atomic E-state index is 6.04. The van der Waals surface area contributed by atoms with Crippen molar-refractivity contribution in [1.29, 1.82) is 0 Å². The van der Waals surface area contributed by atoms with Crippen LogP contribution in [0.25, 0.3) is 0 Å². The minimum atomic E-state index is 0.0705. The lowest BCUT2D eigenvalue weighted by Crippen LogP contribution is -2.18. The maximum Gasteiger partial charge on any atom is 0.211 e. The normalized spacial score (nSPS) is 12.7. The largest absolute Gasteiger partial charge is 0.444 e. The van der Waals surface area contributed by atoms with Crippen LogP contribution in [0.4, 0.5) is 0 Å². The molecule has 18 heavy (non-hydrogen) atoms. The summed E-state index contributed by atoms with van der Waals surface area (Å²) in [6.07, 6.45) is 1.73. The number of hydrogen-bond acceptors (Lipinski definition) is 3. The van der Waals surface area contributed by atoms with Gasteiger partial charge in [0.25, 0.3) is 0 Å². The van der Waals surface area contributed by atoms with Gasteiger partial charge in [0, 0.05) is 11.0 Å². The monoisotopic (exact) mass is 328 g/mol. The second-order valence-corrected chi connectivity index (χ2v) is 5.42. The molecule has 0 saturated carbocycles. The molecule has 0 amide bonds. The van der Waals surface area contributed by atoms with E-state index in [1.54, 1.807) is 6.20 Å². The average molecular weight is 330 g/mol. The molecule has 3 nitrogen and oxygen atoms in total. The fourth-order valence-electron chi connectivity index (χ4n) is 1.58. The Kier molecular flexibility index (Phi) is 4.43. The van der Waals surface area contributed by atoms with E-state index in [9.17, 15) is 0 Å². The van der Waals surface area contributed by atoms with Gasteiger partial charge in [-0.25, -0.2) is 4.98 Å². The third-order valence-corrected chi connectivity index (χ3v) is 3.84. The van der Waals surface area contributed by atoms with Crippen LogP contribution in [0.15, 0.2) is 33.3 Å². The first kappa shape index (κ1) is 13.6. The molecule has 96 valence electrons. The lowest BCUT2D eigenvalue weighted by molar-refractivity contribution is 0.402. The summed E-state index contributed by atoms with van der Waals surface area (Å²) >= 11 is 9.42. The molecule has 1 atom stereocenters. The molecule has 0 aliphatic carbocycles. The highest BCUT2D eigenvalue weighted by atomic mass is 79.9. The standard InChI is InChI=1S/C13H14BrClN2O/c1-8-6-17-13(18-8)9(2)16-7-10-3-4-11(14)12(15)5-10/h3-6,9,16H,7H2,1-2H3. The molecule has 1 unspecified atom stereocenters. The molecule has 0 bridgehead atoms. The van der Waals surface area contributed by atoms with Crippen molar-refractivity contribution in [2.75, 3.05) is 0 Å². The van der Waals surface area contributed by atoms with Gasteiger partial charge in [0.15, 0.2) is 0 Å². The van der Waals surface area contributed by atoms with Gasteiger partial charge in [-0.15, -0.1) is 0 Å². The molecule has 5 heteroatoms. The van der Waals surface area contributed by atoms with E-state index < -0.39 is 0 Å². The Hall–Kier alpha value is -0.840. The number of nitrogens with zero attached hydrogens (tertiary/aromatic N) is 1. The van der Waals surface area contributed by atoms with Gasteiger partial charge < -0.3 is 9.73 Å². The van der Waals surface area contributed by atoms with E-state index in [-0.39, 0.29) is 6.04 Å². The molecule has 2 rings (SSSR count). The summed E-state index contributed by atoms with van der Waals surface area (Å²) in [5.41, 5.74) is 1.12. The third kappa shape index (κ3) is 3.34. The molecule has 0 radical (unpaired) electrons. The zero-order valence-corrected chi connectivity index (χ0v) is 12.5. The average Bonchev–Trinajstić information content (AvgIpc) is 2.77. The van der Waals surface area contributed by atoms with Crippen LogP contribution in [0.1, 0.15) is 30.2 Å². The van der Waals surface area contributed by atoms with Crippen LogP contribution in [0.2, 0.25) is 5.02 Å². The lowest BCUT2D eigenvalue weighted by atomic mass is 10.2. The van der Waals surface area contributed by atoms with Crippen molar-refractivity contribution in [1.82, 2.24) is 10.3 Å². The summed E-state index contributed by atoms with van der Waals surface area (Å²) in [5, 5.41) is 4.06. The van der Waals surface area contributed by atoms with Gasteiger partial charge in [0.05, 0.1) is 17.3 Å². The van der Waals surface area contributed by atoms with Crippen molar-refractivity contribution < 1.29 is 4.42 Å². The quantitative estimate of drug-likeness (QED) is 0.911. The number of halogens is 2. The molecule has 1 aromatic carbocycles. The number of nitrogens with one attached hydrogen (secondary N) is 1. The Bertz CT molecular complexity index is 542. The van der Waals surface area contributed by atoms with E-state index in [4.69, 9.17) is 16.0 Å². The van der Waals surface area contributed by atoms with E-state index in [1.807, 2.05) is 32.0 Å². The lowest BCUT2D eigenvalue weighted by Gasteiger charge is -2.10. The van der Waals surface area contributed by atoms with E-state index >= 15 is 0 Å². The van der Waals surface area contributed by atoms with Crippen LogP contribution in [0, 0.1) is 6.92 Å². The summed E-state index contributed by atoms with van der Waals surface area (Å²) in [5.74, 6) is 1.53. The molecule has 1 heterocycles. The van der Waals surface area contributed by atoms with E-state index in [2.05, 4.69) is 26.2 Å². The number of aryl methyl sites for hydroxylation is 1. The number of oxazole rings is 1. The molecular formula is C13H14BrClN2O. The predicted molar refractivity (Wildman–Crippen MR) is 75.6 cm³/mol. The number of aromatic nitrogens is 1. The molecule has 0 fully saturated rings. The topological polar surface area (TPSA) is 38.1 Å². The van der Waals surface area contributed by atoms with Gasteiger partial charge in [-0.05, 0) is 47.5 Å². The Morgan fingerprint density at radius 1 is 1.50 bits per heavy atom. The highest BCUT2D eigenvalue weighted by molar-refractivity contribution is 9.10. The minimum Gasteiger partial charge on any atom is -0.444 e. The molecule has 0 saturated heterocycles. The second kappa shape index (κ2) is 5.87. The smallest absolute Gasteiger partial charge is 0.211 e.